The molecule has 2 aromatic rings. The van der Waals surface area contributed by atoms with E-state index >= 15 is 0 Å². The van der Waals surface area contributed by atoms with Crippen molar-refractivity contribution in [1.82, 2.24) is 5.43 Å². The van der Waals surface area contributed by atoms with Gasteiger partial charge in [0, 0.05) is 0 Å². The van der Waals surface area contributed by atoms with Crippen LogP contribution in [0.3, 0.4) is 0 Å². The van der Waals surface area contributed by atoms with Crippen LogP contribution in [-0.2, 0) is 0 Å². The minimum absolute atomic E-state index is 0.316. The van der Waals surface area contributed by atoms with E-state index in [1.165, 1.54) is 0 Å². The van der Waals surface area contributed by atoms with Gasteiger partial charge in [0.2, 0.25) is 0 Å². The number of amides is 1. The van der Waals surface area contributed by atoms with Gasteiger partial charge in [-0.15, -0.1) is 0 Å². The third-order valence-corrected chi connectivity index (χ3v) is 3.35. The van der Waals surface area contributed by atoms with Gasteiger partial charge in [0.15, 0.2) is 0 Å². The standard InChI is InChI=1S/C15H15BrN2O3/c16-12-6-2-4-8-14(12)21-10-9-20-13-7-3-1-5-11(13)15(19)18-17/h1-8H,9-10,17H2,(H,18,19). The molecule has 0 saturated carbocycles. The fourth-order valence-electron chi connectivity index (χ4n) is 1.72. The van der Waals surface area contributed by atoms with E-state index in [2.05, 4.69) is 21.4 Å². The molecular weight excluding hydrogens is 336 g/mol. The Labute approximate surface area is 131 Å². The van der Waals surface area contributed by atoms with Crippen LogP contribution in [0.2, 0.25) is 0 Å². The Morgan fingerprint density at radius 1 is 1.00 bits per heavy atom. The zero-order chi connectivity index (χ0) is 15.1. The number of benzene rings is 2. The number of nitrogens with one attached hydrogen (secondary N) is 1. The quantitative estimate of drug-likeness (QED) is 0.363. The summed E-state index contributed by atoms with van der Waals surface area (Å²) in [6, 6.07) is 14.5. The van der Waals surface area contributed by atoms with Crippen LogP contribution >= 0.6 is 15.9 Å². The van der Waals surface area contributed by atoms with Crippen LogP contribution in [0.4, 0.5) is 0 Å². The van der Waals surface area contributed by atoms with E-state index in [0.29, 0.717) is 24.5 Å². The first-order valence-electron chi connectivity index (χ1n) is 6.32. The highest BCUT2D eigenvalue weighted by Crippen LogP contribution is 2.23. The number of para-hydroxylation sites is 2. The number of rotatable bonds is 6. The fourth-order valence-corrected chi connectivity index (χ4v) is 2.12. The Morgan fingerprint density at radius 2 is 1.57 bits per heavy atom. The number of carbonyl (C=O) groups is 1. The average Bonchev–Trinajstić information content (AvgIpc) is 2.52. The summed E-state index contributed by atoms with van der Waals surface area (Å²) in [5, 5.41) is 0. The first-order valence-corrected chi connectivity index (χ1v) is 7.12. The number of hydrogen-bond donors (Lipinski definition) is 2. The molecule has 0 aliphatic rings. The van der Waals surface area contributed by atoms with Gasteiger partial charge in [-0.25, -0.2) is 5.84 Å². The number of nitrogens with two attached hydrogens (primary N) is 1. The summed E-state index contributed by atoms with van der Waals surface area (Å²) in [6.45, 7) is 0.678. The molecular formula is C15H15BrN2O3. The largest absolute Gasteiger partial charge is 0.489 e. The summed E-state index contributed by atoms with van der Waals surface area (Å²) in [4.78, 5) is 11.6. The summed E-state index contributed by atoms with van der Waals surface area (Å²) in [7, 11) is 0. The molecule has 0 spiro atoms. The summed E-state index contributed by atoms with van der Waals surface area (Å²) < 4.78 is 12.0. The topological polar surface area (TPSA) is 73.6 Å². The average molecular weight is 351 g/mol. The monoisotopic (exact) mass is 350 g/mol. The maximum Gasteiger partial charge on any atom is 0.268 e. The Morgan fingerprint density at radius 3 is 2.24 bits per heavy atom. The van der Waals surface area contributed by atoms with Gasteiger partial charge < -0.3 is 9.47 Å². The third-order valence-electron chi connectivity index (χ3n) is 2.70. The molecule has 0 unspecified atom stereocenters. The molecule has 0 aromatic heterocycles. The first kappa shape index (κ1) is 15.3. The van der Waals surface area contributed by atoms with E-state index in [4.69, 9.17) is 15.3 Å². The lowest BCUT2D eigenvalue weighted by Crippen LogP contribution is -2.30. The zero-order valence-electron chi connectivity index (χ0n) is 11.2. The third kappa shape index (κ3) is 4.21. The maximum atomic E-state index is 11.6. The van der Waals surface area contributed by atoms with E-state index in [1.54, 1.807) is 24.3 Å². The number of halogens is 1. The first-order chi connectivity index (χ1) is 10.2. The van der Waals surface area contributed by atoms with Gasteiger partial charge in [-0.05, 0) is 40.2 Å². The van der Waals surface area contributed by atoms with Crippen LogP contribution in [-0.4, -0.2) is 19.1 Å². The van der Waals surface area contributed by atoms with E-state index in [-0.39, 0.29) is 0 Å². The molecule has 0 fully saturated rings. The van der Waals surface area contributed by atoms with E-state index in [1.807, 2.05) is 24.3 Å². The molecule has 1 amide bonds. The van der Waals surface area contributed by atoms with Crippen LogP contribution < -0.4 is 20.7 Å². The summed E-state index contributed by atoms with van der Waals surface area (Å²) in [5.41, 5.74) is 2.48. The molecule has 3 N–H and O–H groups in total. The second-order valence-electron chi connectivity index (χ2n) is 4.10. The molecule has 21 heavy (non-hydrogen) atoms. The van der Waals surface area contributed by atoms with Gasteiger partial charge in [0.25, 0.3) is 5.91 Å². The summed E-state index contributed by atoms with van der Waals surface area (Å²) >= 11 is 3.40. The van der Waals surface area contributed by atoms with E-state index < -0.39 is 5.91 Å². The van der Waals surface area contributed by atoms with Crippen molar-refractivity contribution in [2.24, 2.45) is 5.84 Å². The summed E-state index contributed by atoms with van der Waals surface area (Å²) in [5.74, 6) is 5.96. The second kappa shape index (κ2) is 7.66. The van der Waals surface area contributed by atoms with Crippen molar-refractivity contribution in [2.45, 2.75) is 0 Å². The normalized spacial score (nSPS) is 10.0. The highest BCUT2D eigenvalue weighted by Gasteiger charge is 2.10. The van der Waals surface area contributed by atoms with Crippen LogP contribution in [0.15, 0.2) is 53.0 Å². The second-order valence-corrected chi connectivity index (χ2v) is 4.95. The van der Waals surface area contributed by atoms with Crippen molar-refractivity contribution < 1.29 is 14.3 Å². The molecule has 5 nitrogen and oxygen atoms in total. The van der Waals surface area contributed by atoms with Crippen LogP contribution in [0, 0.1) is 0 Å². The summed E-state index contributed by atoms with van der Waals surface area (Å²) in [6.07, 6.45) is 0. The van der Waals surface area contributed by atoms with Crippen molar-refractivity contribution in [3.05, 3.63) is 58.6 Å². The number of hydrazine groups is 1. The number of carbonyl (C=O) groups excluding carboxylic acids is 1. The van der Waals surface area contributed by atoms with E-state index in [0.717, 1.165) is 10.2 Å². The molecule has 0 radical (unpaired) electrons. The Hall–Kier alpha value is -2.05. The molecule has 2 rings (SSSR count). The van der Waals surface area contributed by atoms with Gasteiger partial charge in [0.05, 0.1) is 10.0 Å². The predicted octanol–water partition coefficient (Wildman–Crippen LogP) is 2.51. The smallest absolute Gasteiger partial charge is 0.268 e. The number of hydrogen-bond acceptors (Lipinski definition) is 4. The minimum Gasteiger partial charge on any atom is -0.489 e. The van der Waals surface area contributed by atoms with Crippen LogP contribution in [0.5, 0.6) is 11.5 Å². The maximum absolute atomic E-state index is 11.6. The molecule has 2 aromatic carbocycles. The Kier molecular flexibility index (Phi) is 5.59. The fraction of sp³-hybridized carbons (Fsp3) is 0.133. The van der Waals surface area contributed by atoms with Crippen molar-refractivity contribution in [1.29, 1.82) is 0 Å². The molecule has 0 aliphatic carbocycles. The molecule has 0 atom stereocenters. The lowest BCUT2D eigenvalue weighted by atomic mass is 10.2. The van der Waals surface area contributed by atoms with Crippen molar-refractivity contribution >= 4 is 21.8 Å². The van der Waals surface area contributed by atoms with Crippen LogP contribution in [0.25, 0.3) is 0 Å². The van der Waals surface area contributed by atoms with Crippen molar-refractivity contribution in [3.63, 3.8) is 0 Å². The molecule has 0 bridgehead atoms. The van der Waals surface area contributed by atoms with Gasteiger partial charge in [-0.1, -0.05) is 24.3 Å². The highest BCUT2D eigenvalue weighted by atomic mass is 79.9. The van der Waals surface area contributed by atoms with Gasteiger partial charge in [0.1, 0.15) is 24.7 Å². The molecule has 6 heteroatoms. The molecule has 0 saturated heterocycles. The van der Waals surface area contributed by atoms with Gasteiger partial charge >= 0.3 is 0 Å². The highest BCUT2D eigenvalue weighted by molar-refractivity contribution is 9.10. The lowest BCUT2D eigenvalue weighted by molar-refractivity contribution is 0.0948. The lowest BCUT2D eigenvalue weighted by Gasteiger charge is -2.11. The van der Waals surface area contributed by atoms with Crippen LogP contribution in [0.1, 0.15) is 10.4 Å². The van der Waals surface area contributed by atoms with Crippen molar-refractivity contribution in [2.75, 3.05) is 13.2 Å². The predicted molar refractivity (Wildman–Crippen MR) is 83.2 cm³/mol. The SMILES string of the molecule is NNC(=O)c1ccccc1OCCOc1ccccc1Br. The molecule has 110 valence electrons. The number of ether oxygens (including phenoxy) is 2. The molecule has 0 heterocycles. The van der Waals surface area contributed by atoms with E-state index in [9.17, 15) is 4.79 Å². The zero-order valence-corrected chi connectivity index (χ0v) is 12.8. The Bertz CT molecular complexity index is 619. The number of nitrogen functional groups attached to an aromatic ring is 1. The Balaban J connectivity index is 1.90. The van der Waals surface area contributed by atoms with Crippen molar-refractivity contribution in [3.8, 4) is 11.5 Å². The minimum atomic E-state index is -0.391. The van der Waals surface area contributed by atoms with Gasteiger partial charge in [-0.3, -0.25) is 10.2 Å². The van der Waals surface area contributed by atoms with Gasteiger partial charge in [-0.2, -0.15) is 0 Å². The molecule has 0 aliphatic heterocycles.